The summed E-state index contributed by atoms with van der Waals surface area (Å²) in [4.78, 5) is 36.3. The molecule has 25 heavy (non-hydrogen) atoms. The molecule has 3 amide bonds. The van der Waals surface area contributed by atoms with E-state index in [0.29, 0.717) is 12.2 Å². The van der Waals surface area contributed by atoms with E-state index in [4.69, 9.17) is 0 Å². The van der Waals surface area contributed by atoms with Crippen LogP contribution in [0.15, 0.2) is 41.8 Å². The van der Waals surface area contributed by atoms with Gasteiger partial charge in [-0.25, -0.2) is 0 Å². The maximum Gasteiger partial charge on any atom is 0.313 e. The van der Waals surface area contributed by atoms with Crippen LogP contribution in [0, 0.1) is 0 Å². The Hall–Kier alpha value is -2.67. The molecule has 7 heteroatoms. The molecule has 0 unspecified atom stereocenters. The number of hydrogen-bond acceptors (Lipinski definition) is 4. The normalized spacial score (nSPS) is 10.4. The number of thiophene rings is 1. The summed E-state index contributed by atoms with van der Waals surface area (Å²) in [6.45, 7) is 4.13. The molecule has 0 atom stereocenters. The summed E-state index contributed by atoms with van der Waals surface area (Å²) in [7, 11) is 0. The predicted octanol–water partition coefficient (Wildman–Crippen LogP) is 2.07. The molecular weight excluding hydrogens is 338 g/mol. The molecule has 0 fully saturated rings. The van der Waals surface area contributed by atoms with Crippen molar-refractivity contribution in [2.75, 3.05) is 5.32 Å². The third-order valence-electron chi connectivity index (χ3n) is 3.24. The van der Waals surface area contributed by atoms with Gasteiger partial charge >= 0.3 is 11.8 Å². The summed E-state index contributed by atoms with van der Waals surface area (Å²) >= 11 is 1.51. The third kappa shape index (κ3) is 6.39. The highest BCUT2D eigenvalue weighted by molar-refractivity contribution is 7.09. The smallest absolute Gasteiger partial charge is 0.313 e. The van der Waals surface area contributed by atoms with E-state index >= 15 is 0 Å². The Morgan fingerprint density at radius 2 is 1.76 bits per heavy atom. The van der Waals surface area contributed by atoms with E-state index < -0.39 is 11.8 Å². The van der Waals surface area contributed by atoms with E-state index in [-0.39, 0.29) is 18.4 Å². The van der Waals surface area contributed by atoms with Gasteiger partial charge in [0, 0.05) is 16.6 Å². The molecule has 1 aromatic heterocycles. The zero-order valence-electron chi connectivity index (χ0n) is 14.2. The number of anilines is 1. The summed E-state index contributed by atoms with van der Waals surface area (Å²) in [5, 5.41) is 9.83. The number of hydrogen-bond donors (Lipinski definition) is 3. The van der Waals surface area contributed by atoms with Crippen molar-refractivity contribution in [2.24, 2.45) is 0 Å². The number of rotatable bonds is 6. The average Bonchev–Trinajstić information content (AvgIpc) is 3.07. The number of amides is 3. The van der Waals surface area contributed by atoms with Crippen molar-refractivity contribution in [1.82, 2.24) is 10.6 Å². The molecule has 0 saturated carbocycles. The molecule has 6 nitrogen and oxygen atoms in total. The highest BCUT2D eigenvalue weighted by Gasteiger charge is 2.13. The van der Waals surface area contributed by atoms with Gasteiger partial charge < -0.3 is 16.0 Å². The van der Waals surface area contributed by atoms with Crippen LogP contribution in [0.5, 0.6) is 0 Å². The monoisotopic (exact) mass is 359 g/mol. The highest BCUT2D eigenvalue weighted by Crippen LogP contribution is 2.11. The van der Waals surface area contributed by atoms with Crippen molar-refractivity contribution >= 4 is 34.7 Å². The minimum Gasteiger partial charge on any atom is -0.354 e. The Balaban J connectivity index is 1.82. The van der Waals surface area contributed by atoms with Gasteiger partial charge in [0.15, 0.2) is 0 Å². The van der Waals surface area contributed by atoms with Crippen molar-refractivity contribution in [1.29, 1.82) is 0 Å². The van der Waals surface area contributed by atoms with Crippen LogP contribution < -0.4 is 16.0 Å². The van der Waals surface area contributed by atoms with Crippen LogP contribution in [0.4, 0.5) is 5.69 Å². The van der Waals surface area contributed by atoms with E-state index in [1.54, 1.807) is 24.3 Å². The van der Waals surface area contributed by atoms with E-state index in [0.717, 1.165) is 10.4 Å². The van der Waals surface area contributed by atoms with Gasteiger partial charge in [-0.2, -0.15) is 0 Å². The summed E-state index contributed by atoms with van der Waals surface area (Å²) in [6, 6.07) is 10.7. The molecule has 0 aliphatic heterocycles. The van der Waals surface area contributed by atoms with Crippen molar-refractivity contribution in [3.05, 3.63) is 52.2 Å². The van der Waals surface area contributed by atoms with E-state index in [1.165, 1.54) is 11.3 Å². The SMILES string of the molecule is CC(C)NC(=O)Cc1ccc(NC(=O)C(=O)NCc2cccs2)cc1. The lowest BCUT2D eigenvalue weighted by Crippen LogP contribution is -2.34. The third-order valence-corrected chi connectivity index (χ3v) is 4.11. The molecule has 1 heterocycles. The van der Waals surface area contributed by atoms with Crippen LogP contribution >= 0.6 is 11.3 Å². The maximum atomic E-state index is 11.9. The van der Waals surface area contributed by atoms with E-state index in [2.05, 4.69) is 16.0 Å². The van der Waals surface area contributed by atoms with Crippen molar-refractivity contribution in [2.45, 2.75) is 32.9 Å². The maximum absolute atomic E-state index is 11.9. The van der Waals surface area contributed by atoms with Crippen molar-refractivity contribution < 1.29 is 14.4 Å². The van der Waals surface area contributed by atoms with Crippen LogP contribution in [0.25, 0.3) is 0 Å². The Bertz CT molecular complexity index is 725. The molecule has 2 rings (SSSR count). The zero-order valence-corrected chi connectivity index (χ0v) is 15.0. The largest absolute Gasteiger partial charge is 0.354 e. The van der Waals surface area contributed by atoms with Crippen LogP contribution in [-0.4, -0.2) is 23.8 Å². The Morgan fingerprint density at radius 1 is 1.04 bits per heavy atom. The Morgan fingerprint density at radius 3 is 2.36 bits per heavy atom. The lowest BCUT2D eigenvalue weighted by Gasteiger charge is -2.09. The molecule has 0 aliphatic rings. The van der Waals surface area contributed by atoms with Crippen LogP contribution in [-0.2, 0) is 27.3 Å². The van der Waals surface area contributed by atoms with Gasteiger partial charge in [0.2, 0.25) is 5.91 Å². The lowest BCUT2D eigenvalue weighted by atomic mass is 10.1. The summed E-state index contributed by atoms with van der Waals surface area (Å²) < 4.78 is 0. The Kier molecular flexibility index (Phi) is 6.71. The average molecular weight is 359 g/mol. The lowest BCUT2D eigenvalue weighted by molar-refractivity contribution is -0.136. The molecule has 0 saturated heterocycles. The van der Waals surface area contributed by atoms with Gasteiger partial charge in [-0.05, 0) is 43.0 Å². The number of carbonyl (C=O) groups is 3. The van der Waals surface area contributed by atoms with Gasteiger partial charge in [-0.3, -0.25) is 14.4 Å². The van der Waals surface area contributed by atoms with Gasteiger partial charge in [0.05, 0.1) is 13.0 Å². The molecule has 0 aliphatic carbocycles. The number of carbonyl (C=O) groups excluding carboxylic acids is 3. The minimum absolute atomic E-state index is 0.0558. The van der Waals surface area contributed by atoms with E-state index in [9.17, 15) is 14.4 Å². The molecule has 0 radical (unpaired) electrons. The van der Waals surface area contributed by atoms with Crippen LogP contribution in [0.2, 0.25) is 0 Å². The van der Waals surface area contributed by atoms with Gasteiger partial charge in [-0.1, -0.05) is 18.2 Å². The molecule has 2 aromatic rings. The second-order valence-corrected chi connectivity index (χ2v) is 6.84. The van der Waals surface area contributed by atoms with Gasteiger partial charge in [0.1, 0.15) is 0 Å². The standard InChI is InChI=1S/C18H21N3O3S/c1-12(2)20-16(22)10-13-5-7-14(8-6-13)21-18(24)17(23)19-11-15-4-3-9-25-15/h3-9,12H,10-11H2,1-2H3,(H,19,23)(H,20,22)(H,21,24). The molecule has 0 spiro atoms. The first-order chi connectivity index (χ1) is 11.9. The summed E-state index contributed by atoms with van der Waals surface area (Å²) in [5.74, 6) is -1.46. The van der Waals surface area contributed by atoms with Crippen molar-refractivity contribution in [3.63, 3.8) is 0 Å². The fraction of sp³-hybridized carbons (Fsp3) is 0.278. The summed E-state index contributed by atoms with van der Waals surface area (Å²) in [5.41, 5.74) is 1.34. The molecular formula is C18H21N3O3S. The number of nitrogens with one attached hydrogen (secondary N) is 3. The first-order valence-corrected chi connectivity index (χ1v) is 8.82. The minimum atomic E-state index is -0.721. The first-order valence-electron chi connectivity index (χ1n) is 7.94. The van der Waals surface area contributed by atoms with Gasteiger partial charge in [-0.15, -0.1) is 11.3 Å². The highest BCUT2D eigenvalue weighted by atomic mass is 32.1. The van der Waals surface area contributed by atoms with Crippen molar-refractivity contribution in [3.8, 4) is 0 Å². The van der Waals surface area contributed by atoms with Gasteiger partial charge in [0.25, 0.3) is 0 Å². The van der Waals surface area contributed by atoms with Crippen LogP contribution in [0.1, 0.15) is 24.3 Å². The second kappa shape index (κ2) is 8.98. The Labute approximate surface area is 150 Å². The zero-order chi connectivity index (χ0) is 18.2. The predicted molar refractivity (Wildman–Crippen MR) is 98.2 cm³/mol. The second-order valence-electron chi connectivity index (χ2n) is 5.81. The quantitative estimate of drug-likeness (QED) is 0.690. The number of benzene rings is 1. The molecule has 0 bridgehead atoms. The van der Waals surface area contributed by atoms with Crippen LogP contribution in [0.3, 0.4) is 0 Å². The van der Waals surface area contributed by atoms with E-state index in [1.807, 2.05) is 31.4 Å². The molecule has 1 aromatic carbocycles. The fourth-order valence-corrected chi connectivity index (χ4v) is 2.76. The fourth-order valence-electron chi connectivity index (χ4n) is 2.11. The molecule has 3 N–H and O–H groups in total. The molecule has 132 valence electrons. The first kappa shape index (κ1) is 18.7. The topological polar surface area (TPSA) is 87.3 Å². The summed E-state index contributed by atoms with van der Waals surface area (Å²) in [6.07, 6.45) is 0.272.